The van der Waals surface area contributed by atoms with E-state index in [0.29, 0.717) is 38.7 Å². The lowest BCUT2D eigenvalue weighted by Crippen LogP contribution is -2.16. The zero-order valence-electron chi connectivity index (χ0n) is 17.1. The number of hydrogen-bond donors (Lipinski definition) is 2. The minimum absolute atomic E-state index is 0.268. The zero-order valence-corrected chi connectivity index (χ0v) is 19.5. The molecule has 4 aromatic rings. The Morgan fingerprint density at radius 1 is 1.03 bits per heavy atom. The molecule has 32 heavy (non-hydrogen) atoms. The number of benzene rings is 3. The van der Waals surface area contributed by atoms with Crippen LogP contribution in [0.5, 0.6) is 11.5 Å². The van der Waals surface area contributed by atoms with Gasteiger partial charge in [-0.25, -0.2) is 9.77 Å². The van der Waals surface area contributed by atoms with Gasteiger partial charge in [0.15, 0.2) is 17.3 Å². The van der Waals surface area contributed by atoms with E-state index in [1.54, 1.807) is 23.9 Å². The van der Waals surface area contributed by atoms with Crippen LogP contribution < -0.4 is 14.9 Å². The van der Waals surface area contributed by atoms with Crippen LogP contribution in [0, 0.1) is 4.77 Å². The maximum Gasteiger partial charge on any atom is 0.214 e. The molecular formula is C23H20Cl2N4O2S. The quantitative estimate of drug-likeness (QED) is 0.288. The Balaban J connectivity index is 1.58. The topological polar surface area (TPSA) is 64.1 Å². The lowest BCUT2D eigenvalue weighted by atomic mass is 10.2. The fourth-order valence-electron chi connectivity index (χ4n) is 3.20. The minimum atomic E-state index is 0.268. The van der Waals surface area contributed by atoms with Gasteiger partial charge in [0, 0.05) is 26.7 Å². The predicted octanol–water partition coefficient (Wildman–Crippen LogP) is 6.25. The van der Waals surface area contributed by atoms with E-state index in [2.05, 4.69) is 15.6 Å². The Bertz CT molecular complexity index is 1270. The largest absolute Gasteiger partial charge is 0.493 e. The molecule has 0 aliphatic heterocycles. The van der Waals surface area contributed by atoms with Gasteiger partial charge in [0.1, 0.15) is 6.61 Å². The van der Waals surface area contributed by atoms with E-state index >= 15 is 0 Å². The van der Waals surface area contributed by atoms with Crippen molar-refractivity contribution in [3.63, 3.8) is 0 Å². The highest BCUT2D eigenvalue weighted by atomic mass is 35.5. The standard InChI is InChI=1S/C23H20Cl2N4O2S/c1-30-20-9-5-8-16(21(20)31-14-17-10-11-18(24)12-19(17)25)13-26-29-22(27-28-23(29)32)15-6-3-2-4-7-15/h2-12,26H,13-14H2,1H3,(H,28,32). The summed E-state index contributed by atoms with van der Waals surface area (Å²) in [6, 6.07) is 20.8. The molecule has 0 bridgehead atoms. The van der Waals surface area contributed by atoms with Crippen LogP contribution in [0.25, 0.3) is 11.4 Å². The number of halogens is 2. The Morgan fingerprint density at radius 2 is 1.84 bits per heavy atom. The number of nitrogens with zero attached hydrogens (tertiary/aromatic N) is 2. The summed E-state index contributed by atoms with van der Waals surface area (Å²) < 4.78 is 13.9. The summed E-state index contributed by atoms with van der Waals surface area (Å²) in [6.45, 7) is 0.693. The van der Waals surface area contributed by atoms with Crippen LogP contribution in [0.1, 0.15) is 11.1 Å². The summed E-state index contributed by atoms with van der Waals surface area (Å²) >= 11 is 17.7. The number of aromatic amines is 1. The Kier molecular flexibility index (Phi) is 6.99. The fourth-order valence-corrected chi connectivity index (χ4v) is 3.86. The number of ether oxygens (including phenoxy) is 2. The van der Waals surface area contributed by atoms with Crippen molar-refractivity contribution in [3.8, 4) is 22.9 Å². The highest BCUT2D eigenvalue weighted by Crippen LogP contribution is 2.33. The molecule has 0 radical (unpaired) electrons. The summed E-state index contributed by atoms with van der Waals surface area (Å²) in [5.41, 5.74) is 5.97. The van der Waals surface area contributed by atoms with E-state index in [9.17, 15) is 0 Å². The van der Waals surface area contributed by atoms with Crippen molar-refractivity contribution < 1.29 is 9.47 Å². The summed E-state index contributed by atoms with van der Waals surface area (Å²) in [7, 11) is 1.61. The van der Waals surface area contributed by atoms with Crippen molar-refractivity contribution >= 4 is 35.4 Å². The molecule has 0 unspecified atom stereocenters. The van der Waals surface area contributed by atoms with Gasteiger partial charge in [-0.2, -0.15) is 5.10 Å². The summed E-state index contributed by atoms with van der Waals surface area (Å²) in [4.78, 5) is 0. The van der Waals surface area contributed by atoms with Crippen LogP contribution in [0.2, 0.25) is 10.0 Å². The van der Waals surface area contributed by atoms with E-state index in [4.69, 9.17) is 44.9 Å². The molecule has 0 amide bonds. The van der Waals surface area contributed by atoms with Crippen LogP contribution in [-0.2, 0) is 13.2 Å². The second kappa shape index (κ2) is 10.1. The van der Waals surface area contributed by atoms with Crippen molar-refractivity contribution in [3.05, 3.63) is 92.7 Å². The first-order valence-electron chi connectivity index (χ1n) is 9.76. The van der Waals surface area contributed by atoms with Gasteiger partial charge in [0.2, 0.25) is 4.77 Å². The second-order valence-electron chi connectivity index (χ2n) is 6.86. The van der Waals surface area contributed by atoms with Crippen molar-refractivity contribution in [1.29, 1.82) is 0 Å². The lowest BCUT2D eigenvalue weighted by Gasteiger charge is -2.17. The van der Waals surface area contributed by atoms with Gasteiger partial charge >= 0.3 is 0 Å². The number of hydrogen-bond acceptors (Lipinski definition) is 5. The molecule has 0 atom stereocenters. The molecule has 3 aromatic carbocycles. The second-order valence-corrected chi connectivity index (χ2v) is 8.09. The van der Waals surface area contributed by atoms with Crippen molar-refractivity contribution in [2.75, 3.05) is 12.5 Å². The third-order valence-electron chi connectivity index (χ3n) is 4.80. The van der Waals surface area contributed by atoms with Gasteiger partial charge in [-0.05, 0) is 30.4 Å². The molecule has 9 heteroatoms. The molecule has 0 saturated heterocycles. The van der Waals surface area contributed by atoms with E-state index in [1.165, 1.54) is 0 Å². The van der Waals surface area contributed by atoms with E-state index in [0.717, 1.165) is 16.7 Å². The van der Waals surface area contributed by atoms with Gasteiger partial charge in [-0.3, -0.25) is 0 Å². The van der Waals surface area contributed by atoms with E-state index < -0.39 is 0 Å². The normalized spacial score (nSPS) is 10.7. The highest BCUT2D eigenvalue weighted by molar-refractivity contribution is 7.71. The molecule has 1 aromatic heterocycles. The SMILES string of the molecule is COc1cccc(CNn2c(-c3ccccc3)n[nH]c2=S)c1OCc1ccc(Cl)cc1Cl. The van der Waals surface area contributed by atoms with Crippen LogP contribution in [0.3, 0.4) is 0 Å². The van der Waals surface area contributed by atoms with Gasteiger partial charge in [-0.1, -0.05) is 71.7 Å². The van der Waals surface area contributed by atoms with E-state index in [-0.39, 0.29) is 6.61 Å². The number of rotatable bonds is 8. The number of H-pyrrole nitrogens is 1. The van der Waals surface area contributed by atoms with Crippen LogP contribution in [0.15, 0.2) is 66.7 Å². The number of aromatic nitrogens is 3. The first-order chi connectivity index (χ1) is 15.6. The average Bonchev–Trinajstić information content (AvgIpc) is 3.18. The van der Waals surface area contributed by atoms with Crippen LogP contribution in [0.4, 0.5) is 0 Å². The number of methoxy groups -OCH3 is 1. The van der Waals surface area contributed by atoms with Crippen molar-refractivity contribution in [2.24, 2.45) is 0 Å². The minimum Gasteiger partial charge on any atom is -0.493 e. The molecule has 0 aliphatic rings. The lowest BCUT2D eigenvalue weighted by molar-refractivity contribution is 0.281. The Labute approximate surface area is 200 Å². The summed E-state index contributed by atoms with van der Waals surface area (Å²) in [5, 5.41) is 8.31. The van der Waals surface area contributed by atoms with Crippen molar-refractivity contribution in [2.45, 2.75) is 13.2 Å². The molecule has 164 valence electrons. The summed E-state index contributed by atoms with van der Waals surface area (Å²) in [6.07, 6.45) is 0. The monoisotopic (exact) mass is 486 g/mol. The maximum atomic E-state index is 6.30. The Hall–Kier alpha value is -3.00. The molecule has 0 spiro atoms. The van der Waals surface area contributed by atoms with Gasteiger partial charge < -0.3 is 14.9 Å². The summed E-state index contributed by atoms with van der Waals surface area (Å²) in [5.74, 6) is 1.92. The predicted molar refractivity (Wildman–Crippen MR) is 130 cm³/mol. The van der Waals surface area contributed by atoms with Gasteiger partial charge in [0.05, 0.1) is 13.7 Å². The van der Waals surface area contributed by atoms with E-state index in [1.807, 2.05) is 54.6 Å². The maximum absolute atomic E-state index is 6.30. The first-order valence-corrected chi connectivity index (χ1v) is 10.9. The van der Waals surface area contributed by atoms with Gasteiger partial charge in [0.25, 0.3) is 0 Å². The number of para-hydroxylation sites is 1. The van der Waals surface area contributed by atoms with Crippen molar-refractivity contribution in [1.82, 2.24) is 14.9 Å². The molecule has 0 fully saturated rings. The smallest absolute Gasteiger partial charge is 0.214 e. The third-order valence-corrected chi connectivity index (χ3v) is 5.66. The average molecular weight is 487 g/mol. The fraction of sp³-hybridized carbons (Fsp3) is 0.130. The first kappa shape index (κ1) is 22.2. The zero-order chi connectivity index (χ0) is 22.5. The molecule has 0 saturated carbocycles. The third kappa shape index (κ3) is 4.91. The molecule has 6 nitrogen and oxygen atoms in total. The highest BCUT2D eigenvalue weighted by Gasteiger charge is 2.14. The van der Waals surface area contributed by atoms with Crippen LogP contribution in [-0.4, -0.2) is 22.0 Å². The van der Waals surface area contributed by atoms with Gasteiger partial charge in [-0.15, -0.1) is 0 Å². The Morgan fingerprint density at radius 3 is 2.59 bits per heavy atom. The number of nitrogens with one attached hydrogen (secondary N) is 2. The van der Waals surface area contributed by atoms with Crippen LogP contribution >= 0.6 is 35.4 Å². The molecule has 2 N–H and O–H groups in total. The molecule has 0 aliphatic carbocycles. The molecular weight excluding hydrogens is 467 g/mol. The molecule has 4 rings (SSSR count). The molecule has 1 heterocycles.